The predicted molar refractivity (Wildman–Crippen MR) is 73.4 cm³/mol. The molecule has 106 valence electrons. The number of nitrogens with zero attached hydrogens (tertiary/aromatic N) is 1. The number of carbonyl (C=O) groups is 1. The molecule has 1 aliphatic rings. The zero-order valence-electron chi connectivity index (χ0n) is 11.8. The third-order valence-corrected chi connectivity index (χ3v) is 3.93. The van der Waals surface area contributed by atoms with Crippen molar-refractivity contribution in [2.75, 3.05) is 19.7 Å². The van der Waals surface area contributed by atoms with Crippen molar-refractivity contribution in [1.82, 2.24) is 10.2 Å². The van der Waals surface area contributed by atoms with Crippen molar-refractivity contribution in [1.29, 1.82) is 0 Å². The number of aliphatic hydroxyl groups is 1. The van der Waals surface area contributed by atoms with Crippen molar-refractivity contribution in [3.63, 3.8) is 0 Å². The second-order valence-corrected chi connectivity index (χ2v) is 5.21. The number of amides is 1. The third-order valence-electron chi connectivity index (χ3n) is 3.93. The highest BCUT2D eigenvalue weighted by Gasteiger charge is 2.24. The lowest BCUT2D eigenvalue weighted by Gasteiger charge is -2.28. The van der Waals surface area contributed by atoms with Gasteiger partial charge in [0.25, 0.3) is 0 Å². The van der Waals surface area contributed by atoms with E-state index < -0.39 is 0 Å². The van der Waals surface area contributed by atoms with Crippen molar-refractivity contribution in [2.24, 2.45) is 0 Å². The van der Waals surface area contributed by atoms with Gasteiger partial charge in [0, 0.05) is 18.6 Å². The fraction of sp³-hybridized carbons (Fsp3) is 0.929. The van der Waals surface area contributed by atoms with Crippen molar-refractivity contribution >= 4 is 5.91 Å². The average molecular weight is 256 g/mol. The summed E-state index contributed by atoms with van der Waals surface area (Å²) in [5, 5.41) is 12.2. The standard InChI is InChI=1S/C14H28N2O2/c1-3-12(4-2)15-14(18)11-16(9-10-17)13-7-5-6-8-13/h12-13,17H,3-11H2,1-2H3,(H,15,18). The van der Waals surface area contributed by atoms with E-state index in [1.54, 1.807) is 0 Å². The van der Waals surface area contributed by atoms with E-state index >= 15 is 0 Å². The van der Waals surface area contributed by atoms with Crippen LogP contribution in [-0.2, 0) is 4.79 Å². The lowest BCUT2D eigenvalue weighted by Crippen LogP contribution is -2.45. The average Bonchev–Trinajstić information content (AvgIpc) is 2.89. The first-order valence-corrected chi connectivity index (χ1v) is 7.35. The Bertz CT molecular complexity index is 236. The Morgan fingerprint density at radius 2 is 1.94 bits per heavy atom. The van der Waals surface area contributed by atoms with Gasteiger partial charge in [-0.3, -0.25) is 9.69 Å². The van der Waals surface area contributed by atoms with Gasteiger partial charge in [-0.1, -0.05) is 26.7 Å². The Hall–Kier alpha value is -0.610. The molecule has 0 aromatic rings. The number of hydrogen-bond acceptors (Lipinski definition) is 3. The fourth-order valence-corrected chi connectivity index (χ4v) is 2.74. The summed E-state index contributed by atoms with van der Waals surface area (Å²) < 4.78 is 0. The van der Waals surface area contributed by atoms with Crippen LogP contribution in [0.15, 0.2) is 0 Å². The van der Waals surface area contributed by atoms with Gasteiger partial charge < -0.3 is 10.4 Å². The molecular weight excluding hydrogens is 228 g/mol. The van der Waals surface area contributed by atoms with E-state index in [-0.39, 0.29) is 18.6 Å². The van der Waals surface area contributed by atoms with Gasteiger partial charge in [-0.15, -0.1) is 0 Å². The summed E-state index contributed by atoms with van der Waals surface area (Å²) in [6.07, 6.45) is 6.79. The maximum Gasteiger partial charge on any atom is 0.234 e. The summed E-state index contributed by atoms with van der Waals surface area (Å²) in [4.78, 5) is 14.1. The van der Waals surface area contributed by atoms with Crippen molar-refractivity contribution in [2.45, 2.75) is 64.5 Å². The van der Waals surface area contributed by atoms with Crippen LogP contribution in [0.25, 0.3) is 0 Å². The van der Waals surface area contributed by atoms with Crippen LogP contribution >= 0.6 is 0 Å². The normalized spacial score (nSPS) is 16.7. The molecule has 4 nitrogen and oxygen atoms in total. The largest absolute Gasteiger partial charge is 0.395 e. The van der Waals surface area contributed by atoms with Gasteiger partial charge in [-0.25, -0.2) is 0 Å². The molecule has 0 saturated heterocycles. The van der Waals surface area contributed by atoms with Crippen LogP contribution in [-0.4, -0.2) is 47.7 Å². The van der Waals surface area contributed by atoms with Crippen LogP contribution in [0, 0.1) is 0 Å². The lowest BCUT2D eigenvalue weighted by molar-refractivity contribution is -0.123. The first kappa shape index (κ1) is 15.4. The molecule has 0 aliphatic heterocycles. The molecule has 1 amide bonds. The molecule has 0 heterocycles. The van der Waals surface area contributed by atoms with Gasteiger partial charge in [0.1, 0.15) is 0 Å². The highest BCUT2D eigenvalue weighted by Crippen LogP contribution is 2.22. The number of carbonyl (C=O) groups excluding carboxylic acids is 1. The van der Waals surface area contributed by atoms with Gasteiger partial charge >= 0.3 is 0 Å². The van der Waals surface area contributed by atoms with Gasteiger partial charge in [-0.2, -0.15) is 0 Å². The van der Waals surface area contributed by atoms with E-state index in [4.69, 9.17) is 5.11 Å². The molecule has 1 aliphatic carbocycles. The second-order valence-electron chi connectivity index (χ2n) is 5.21. The summed E-state index contributed by atoms with van der Waals surface area (Å²) in [6, 6.07) is 0.779. The molecular formula is C14H28N2O2. The minimum absolute atomic E-state index is 0.101. The van der Waals surface area contributed by atoms with E-state index in [1.807, 2.05) is 0 Å². The van der Waals surface area contributed by atoms with Gasteiger partial charge in [-0.05, 0) is 25.7 Å². The van der Waals surface area contributed by atoms with Crippen LogP contribution in [0.5, 0.6) is 0 Å². The third kappa shape index (κ3) is 4.94. The molecule has 18 heavy (non-hydrogen) atoms. The zero-order chi connectivity index (χ0) is 13.4. The molecule has 0 unspecified atom stereocenters. The Labute approximate surface area is 111 Å². The van der Waals surface area contributed by atoms with E-state index in [0.29, 0.717) is 19.1 Å². The first-order valence-electron chi connectivity index (χ1n) is 7.35. The summed E-state index contributed by atoms with van der Waals surface area (Å²) in [5.41, 5.74) is 0. The number of aliphatic hydroxyl groups excluding tert-OH is 1. The van der Waals surface area contributed by atoms with Crippen molar-refractivity contribution < 1.29 is 9.90 Å². The summed E-state index contributed by atoms with van der Waals surface area (Å²) in [7, 11) is 0. The zero-order valence-corrected chi connectivity index (χ0v) is 11.8. The lowest BCUT2D eigenvalue weighted by atomic mass is 10.1. The van der Waals surface area contributed by atoms with Crippen molar-refractivity contribution in [3.05, 3.63) is 0 Å². The molecule has 0 radical (unpaired) electrons. The van der Waals surface area contributed by atoms with Crippen LogP contribution in [0.2, 0.25) is 0 Å². The Morgan fingerprint density at radius 3 is 2.44 bits per heavy atom. The fourth-order valence-electron chi connectivity index (χ4n) is 2.74. The Morgan fingerprint density at radius 1 is 1.33 bits per heavy atom. The van der Waals surface area contributed by atoms with E-state index in [9.17, 15) is 4.79 Å². The predicted octanol–water partition coefficient (Wildman–Crippen LogP) is 1.53. The quantitative estimate of drug-likeness (QED) is 0.692. The van der Waals surface area contributed by atoms with Gasteiger partial charge in [0.15, 0.2) is 0 Å². The molecule has 0 atom stereocenters. The maximum absolute atomic E-state index is 12.0. The molecule has 0 spiro atoms. The van der Waals surface area contributed by atoms with Crippen LogP contribution in [0.1, 0.15) is 52.4 Å². The van der Waals surface area contributed by atoms with Crippen LogP contribution in [0.4, 0.5) is 0 Å². The van der Waals surface area contributed by atoms with E-state index in [1.165, 1.54) is 12.8 Å². The smallest absolute Gasteiger partial charge is 0.234 e. The molecule has 0 aromatic carbocycles. The maximum atomic E-state index is 12.0. The van der Waals surface area contributed by atoms with Crippen molar-refractivity contribution in [3.8, 4) is 0 Å². The van der Waals surface area contributed by atoms with Gasteiger partial charge in [0.05, 0.1) is 13.2 Å². The SMILES string of the molecule is CCC(CC)NC(=O)CN(CCO)C1CCCC1. The molecule has 2 N–H and O–H groups in total. The molecule has 4 heteroatoms. The highest BCUT2D eigenvalue weighted by molar-refractivity contribution is 5.78. The number of hydrogen-bond donors (Lipinski definition) is 2. The monoisotopic (exact) mass is 256 g/mol. The second kappa shape index (κ2) is 8.48. The first-order chi connectivity index (χ1) is 8.71. The van der Waals surface area contributed by atoms with Crippen LogP contribution in [0.3, 0.4) is 0 Å². The van der Waals surface area contributed by atoms with Gasteiger partial charge in [0.2, 0.25) is 5.91 Å². The van der Waals surface area contributed by atoms with E-state index in [2.05, 4.69) is 24.1 Å². The minimum atomic E-state index is 0.101. The highest BCUT2D eigenvalue weighted by atomic mass is 16.3. The number of rotatable bonds is 8. The molecule has 1 saturated carbocycles. The molecule has 1 rings (SSSR count). The molecule has 0 aromatic heterocycles. The summed E-state index contributed by atoms with van der Waals surface area (Å²) in [6.45, 7) is 5.37. The summed E-state index contributed by atoms with van der Waals surface area (Å²) >= 11 is 0. The Balaban J connectivity index is 2.41. The minimum Gasteiger partial charge on any atom is -0.395 e. The van der Waals surface area contributed by atoms with Crippen LogP contribution < -0.4 is 5.32 Å². The Kier molecular flexibility index (Phi) is 7.28. The van der Waals surface area contributed by atoms with E-state index in [0.717, 1.165) is 25.7 Å². The molecule has 0 bridgehead atoms. The topological polar surface area (TPSA) is 52.6 Å². The summed E-state index contributed by atoms with van der Waals surface area (Å²) in [5.74, 6) is 0.101. The number of nitrogens with one attached hydrogen (secondary N) is 1. The molecule has 1 fully saturated rings.